The molecule has 0 unspecified atom stereocenters. The summed E-state index contributed by atoms with van der Waals surface area (Å²) < 4.78 is 30.6. The molecule has 0 aliphatic rings. The molecule has 8 nitrogen and oxygen atoms in total. The van der Waals surface area contributed by atoms with Crippen LogP contribution in [0.4, 0.5) is 20.2 Å². The van der Waals surface area contributed by atoms with Crippen LogP contribution < -0.4 is 15.4 Å². The van der Waals surface area contributed by atoms with Crippen molar-refractivity contribution < 1.29 is 23.1 Å². The highest BCUT2D eigenvalue weighted by atomic mass is 35.5. The normalized spacial score (nSPS) is 10.7. The summed E-state index contributed by atoms with van der Waals surface area (Å²) in [6.07, 6.45) is 1.54. The lowest BCUT2D eigenvalue weighted by Gasteiger charge is -2.10. The van der Waals surface area contributed by atoms with Crippen LogP contribution in [0.2, 0.25) is 5.02 Å². The van der Waals surface area contributed by atoms with Crippen LogP contribution in [0.15, 0.2) is 53.9 Å². The number of hydrogen-bond acceptors (Lipinski definition) is 6. The average Bonchev–Trinajstić information content (AvgIpc) is 3.13. The third-order valence-corrected chi connectivity index (χ3v) is 5.15. The number of benzene rings is 2. The van der Waals surface area contributed by atoms with E-state index in [1.807, 2.05) is 0 Å². The van der Waals surface area contributed by atoms with Crippen molar-refractivity contribution in [2.45, 2.75) is 11.8 Å². The lowest BCUT2D eigenvalue weighted by atomic mass is 10.2. The van der Waals surface area contributed by atoms with Crippen LogP contribution >= 0.6 is 23.4 Å². The summed E-state index contributed by atoms with van der Waals surface area (Å²) in [6.45, 7) is -3.00. The van der Waals surface area contributed by atoms with Gasteiger partial charge in [-0.3, -0.25) is 9.59 Å². The van der Waals surface area contributed by atoms with Gasteiger partial charge < -0.3 is 19.9 Å². The van der Waals surface area contributed by atoms with Crippen LogP contribution in [0.5, 0.6) is 5.75 Å². The molecular formula is C19H16ClF2N5O3S. The van der Waals surface area contributed by atoms with Gasteiger partial charge in [-0.15, -0.1) is 10.2 Å². The van der Waals surface area contributed by atoms with Crippen LogP contribution in [-0.4, -0.2) is 38.9 Å². The van der Waals surface area contributed by atoms with E-state index < -0.39 is 12.5 Å². The first-order valence-corrected chi connectivity index (χ1v) is 10.1. The van der Waals surface area contributed by atoms with Crippen molar-refractivity contribution in [1.82, 2.24) is 14.8 Å². The number of nitrogens with one attached hydrogen (secondary N) is 2. The first-order valence-electron chi connectivity index (χ1n) is 8.74. The second kappa shape index (κ2) is 10.2. The predicted molar refractivity (Wildman–Crippen MR) is 113 cm³/mol. The zero-order chi connectivity index (χ0) is 22.4. The highest BCUT2D eigenvalue weighted by molar-refractivity contribution is 7.99. The Morgan fingerprint density at radius 3 is 2.65 bits per heavy atom. The van der Waals surface area contributed by atoms with E-state index >= 15 is 0 Å². The van der Waals surface area contributed by atoms with Crippen LogP contribution in [-0.2, 0) is 11.8 Å². The zero-order valence-corrected chi connectivity index (χ0v) is 17.6. The minimum absolute atomic E-state index is 0.0699. The highest BCUT2D eigenvalue weighted by Gasteiger charge is 2.13. The van der Waals surface area contributed by atoms with Crippen LogP contribution in [0.1, 0.15) is 10.4 Å². The monoisotopic (exact) mass is 467 g/mol. The first-order chi connectivity index (χ1) is 14.8. The lowest BCUT2D eigenvalue weighted by molar-refractivity contribution is -0.113. The number of rotatable bonds is 8. The molecule has 2 aromatic carbocycles. The molecule has 0 saturated heterocycles. The molecule has 12 heteroatoms. The molecule has 0 fully saturated rings. The Morgan fingerprint density at radius 2 is 1.97 bits per heavy atom. The molecule has 0 atom stereocenters. The number of carbonyl (C=O) groups is 2. The summed E-state index contributed by atoms with van der Waals surface area (Å²) in [5, 5.41) is 13.5. The van der Waals surface area contributed by atoms with Crippen molar-refractivity contribution in [2.75, 3.05) is 16.4 Å². The van der Waals surface area contributed by atoms with E-state index in [9.17, 15) is 18.4 Å². The van der Waals surface area contributed by atoms with Gasteiger partial charge in [-0.1, -0.05) is 29.4 Å². The number of alkyl halides is 2. The molecule has 162 valence electrons. The Labute approximate surface area is 184 Å². The highest BCUT2D eigenvalue weighted by Crippen LogP contribution is 2.29. The minimum Gasteiger partial charge on any atom is -0.433 e. The number of nitrogens with zero attached hydrogens (tertiary/aromatic N) is 3. The summed E-state index contributed by atoms with van der Waals surface area (Å²) in [6, 6.07) is 10.3. The molecule has 0 radical (unpaired) electrons. The third-order valence-electron chi connectivity index (χ3n) is 3.82. The van der Waals surface area contributed by atoms with Gasteiger partial charge in [0.05, 0.1) is 10.8 Å². The van der Waals surface area contributed by atoms with E-state index in [1.54, 1.807) is 29.8 Å². The number of hydrogen-bond donors (Lipinski definition) is 2. The molecule has 0 aliphatic heterocycles. The fourth-order valence-corrected chi connectivity index (χ4v) is 3.36. The fourth-order valence-electron chi connectivity index (χ4n) is 2.44. The van der Waals surface area contributed by atoms with Crippen LogP contribution in [0.25, 0.3) is 0 Å². The number of aromatic nitrogens is 3. The quantitative estimate of drug-likeness (QED) is 0.485. The molecule has 0 saturated carbocycles. The molecular weight excluding hydrogens is 452 g/mol. The summed E-state index contributed by atoms with van der Waals surface area (Å²) in [4.78, 5) is 24.7. The Hall–Kier alpha value is -3.18. The Bertz CT molecular complexity index is 1100. The Balaban J connectivity index is 1.60. The van der Waals surface area contributed by atoms with Gasteiger partial charge in [-0.2, -0.15) is 8.78 Å². The summed E-state index contributed by atoms with van der Waals surface area (Å²) in [5.41, 5.74) is 1.02. The number of carbonyl (C=O) groups excluding carboxylic acids is 2. The molecule has 1 heterocycles. The number of ether oxygens (including phenoxy) is 1. The maximum Gasteiger partial charge on any atom is 0.387 e. The second-order valence-electron chi connectivity index (χ2n) is 6.12. The Kier molecular flexibility index (Phi) is 7.42. The largest absolute Gasteiger partial charge is 0.433 e. The molecule has 3 aromatic rings. The average molecular weight is 468 g/mol. The molecule has 2 amide bonds. The van der Waals surface area contributed by atoms with E-state index in [2.05, 4.69) is 25.6 Å². The van der Waals surface area contributed by atoms with Gasteiger partial charge in [0, 0.05) is 24.0 Å². The van der Waals surface area contributed by atoms with Gasteiger partial charge in [0.2, 0.25) is 5.91 Å². The van der Waals surface area contributed by atoms with Crippen molar-refractivity contribution in [1.29, 1.82) is 0 Å². The Morgan fingerprint density at radius 1 is 1.19 bits per heavy atom. The van der Waals surface area contributed by atoms with Crippen molar-refractivity contribution >= 4 is 46.6 Å². The topological polar surface area (TPSA) is 98.1 Å². The molecule has 1 aromatic heterocycles. The van der Waals surface area contributed by atoms with E-state index in [1.165, 1.54) is 42.4 Å². The SMILES string of the molecule is Cn1cnnc1SCC(=O)Nc1cccc(C(=O)Nc2ccc(OC(F)F)c(Cl)c2)c1. The number of aryl methyl sites for hydroxylation is 1. The standard InChI is InChI=1S/C19H16ClF2N5O3S/c1-27-10-23-26-19(27)31-9-16(28)24-12-4-2-3-11(7-12)17(29)25-13-5-6-15(14(20)8-13)30-18(21)22/h2-8,10,18H,9H2,1H3,(H,24,28)(H,25,29). The van der Waals surface area contributed by atoms with Gasteiger partial charge in [0.1, 0.15) is 12.1 Å². The molecule has 31 heavy (non-hydrogen) atoms. The maximum absolute atomic E-state index is 12.5. The van der Waals surface area contributed by atoms with E-state index in [0.717, 1.165) is 0 Å². The first kappa shape index (κ1) is 22.5. The van der Waals surface area contributed by atoms with Gasteiger partial charge in [0.15, 0.2) is 5.16 Å². The lowest BCUT2D eigenvalue weighted by Crippen LogP contribution is -2.16. The van der Waals surface area contributed by atoms with Crippen molar-refractivity contribution in [3.05, 3.63) is 59.4 Å². The van der Waals surface area contributed by atoms with Gasteiger partial charge >= 0.3 is 6.61 Å². The third kappa shape index (κ3) is 6.40. The van der Waals surface area contributed by atoms with E-state index in [4.69, 9.17) is 11.6 Å². The molecule has 2 N–H and O–H groups in total. The number of anilines is 2. The smallest absolute Gasteiger partial charge is 0.387 e. The molecule has 3 rings (SSSR count). The summed E-state index contributed by atoms with van der Waals surface area (Å²) in [5.74, 6) is -0.817. The predicted octanol–water partition coefficient (Wildman–Crippen LogP) is 4.05. The van der Waals surface area contributed by atoms with Crippen LogP contribution in [0, 0.1) is 0 Å². The van der Waals surface area contributed by atoms with Gasteiger partial charge in [-0.05, 0) is 36.4 Å². The fraction of sp³-hybridized carbons (Fsp3) is 0.158. The maximum atomic E-state index is 12.5. The van der Waals surface area contributed by atoms with E-state index in [0.29, 0.717) is 16.5 Å². The number of halogens is 3. The molecule has 0 spiro atoms. The molecule has 0 aliphatic carbocycles. The summed E-state index contributed by atoms with van der Waals surface area (Å²) >= 11 is 7.12. The number of amides is 2. The zero-order valence-electron chi connectivity index (χ0n) is 16.0. The van der Waals surface area contributed by atoms with Gasteiger partial charge in [0.25, 0.3) is 5.91 Å². The second-order valence-corrected chi connectivity index (χ2v) is 7.47. The molecule has 0 bridgehead atoms. The number of thioether (sulfide) groups is 1. The minimum atomic E-state index is -3.00. The van der Waals surface area contributed by atoms with Crippen LogP contribution in [0.3, 0.4) is 0 Å². The van der Waals surface area contributed by atoms with Gasteiger partial charge in [-0.25, -0.2) is 0 Å². The summed E-state index contributed by atoms with van der Waals surface area (Å²) in [7, 11) is 1.77. The van der Waals surface area contributed by atoms with Crippen molar-refractivity contribution in [3.63, 3.8) is 0 Å². The van der Waals surface area contributed by atoms with Crippen molar-refractivity contribution in [3.8, 4) is 5.75 Å². The van der Waals surface area contributed by atoms with Crippen molar-refractivity contribution in [2.24, 2.45) is 7.05 Å². The van der Waals surface area contributed by atoms with E-state index in [-0.39, 0.29) is 28.0 Å².